The zero-order valence-corrected chi connectivity index (χ0v) is 15.5. The van der Waals surface area contributed by atoms with Gasteiger partial charge in [-0.3, -0.25) is 9.59 Å². The number of rotatable bonds is 6. The highest BCUT2D eigenvalue weighted by atomic mass is 35.5. The van der Waals surface area contributed by atoms with Crippen molar-refractivity contribution >= 4 is 23.5 Å². The number of halogens is 1. The Kier molecular flexibility index (Phi) is 5.94. The van der Waals surface area contributed by atoms with Gasteiger partial charge in [-0.1, -0.05) is 35.9 Å². The second kappa shape index (κ2) is 8.56. The minimum Gasteiger partial charge on any atom is -0.469 e. The van der Waals surface area contributed by atoms with Crippen LogP contribution in [-0.4, -0.2) is 23.6 Å². The third-order valence-electron chi connectivity index (χ3n) is 4.20. The normalized spacial score (nSPS) is 11.6. The number of esters is 1. The van der Waals surface area contributed by atoms with Gasteiger partial charge in [-0.25, -0.2) is 0 Å². The molecular formula is C21H19ClN2O3. The Hall–Kier alpha value is -3.05. The molecule has 0 spiro atoms. The van der Waals surface area contributed by atoms with Crippen molar-refractivity contribution in [1.29, 1.82) is 0 Å². The Bertz CT molecular complexity index is 938. The summed E-state index contributed by atoms with van der Waals surface area (Å²) in [6.45, 7) is 0. The van der Waals surface area contributed by atoms with Crippen molar-refractivity contribution in [1.82, 2.24) is 9.88 Å². The van der Waals surface area contributed by atoms with Crippen LogP contribution >= 0.6 is 11.6 Å². The van der Waals surface area contributed by atoms with Gasteiger partial charge in [0.2, 0.25) is 0 Å². The van der Waals surface area contributed by atoms with E-state index in [4.69, 9.17) is 16.3 Å². The van der Waals surface area contributed by atoms with E-state index in [0.29, 0.717) is 16.1 Å². The molecule has 0 saturated heterocycles. The summed E-state index contributed by atoms with van der Waals surface area (Å²) in [4.78, 5) is 24.6. The van der Waals surface area contributed by atoms with Crippen molar-refractivity contribution in [3.05, 3.63) is 89.2 Å². The number of ether oxygens (including phenoxy) is 1. The predicted octanol–water partition coefficient (Wildman–Crippen LogP) is 4.16. The Morgan fingerprint density at radius 3 is 2.52 bits per heavy atom. The van der Waals surface area contributed by atoms with Crippen molar-refractivity contribution in [3.8, 4) is 5.69 Å². The number of hydrogen-bond donors (Lipinski definition) is 1. The molecule has 5 nitrogen and oxygen atoms in total. The highest BCUT2D eigenvalue weighted by Gasteiger charge is 2.21. The van der Waals surface area contributed by atoms with Crippen LogP contribution in [-0.2, 0) is 9.53 Å². The quantitative estimate of drug-likeness (QED) is 0.651. The van der Waals surface area contributed by atoms with E-state index in [1.165, 1.54) is 7.11 Å². The molecule has 0 saturated carbocycles. The van der Waals surface area contributed by atoms with Crippen LogP contribution in [0.1, 0.15) is 28.4 Å². The molecule has 3 rings (SSSR count). The fraction of sp³-hybridized carbons (Fsp3) is 0.143. The van der Waals surface area contributed by atoms with Gasteiger partial charge in [0.25, 0.3) is 5.91 Å². The summed E-state index contributed by atoms with van der Waals surface area (Å²) in [7, 11) is 1.31. The van der Waals surface area contributed by atoms with E-state index in [1.807, 2.05) is 47.3 Å². The number of carbonyl (C=O) groups is 2. The van der Waals surface area contributed by atoms with Gasteiger partial charge in [0, 0.05) is 28.7 Å². The molecule has 0 fully saturated rings. The molecule has 27 heavy (non-hydrogen) atoms. The number of amides is 1. The topological polar surface area (TPSA) is 60.3 Å². The molecule has 1 atom stereocenters. The average molecular weight is 383 g/mol. The zero-order chi connectivity index (χ0) is 19.2. The first-order chi connectivity index (χ1) is 13.1. The average Bonchev–Trinajstić information content (AvgIpc) is 3.22. The fourth-order valence-corrected chi connectivity index (χ4v) is 3.07. The largest absolute Gasteiger partial charge is 0.469 e. The maximum Gasteiger partial charge on any atom is 0.307 e. The second-order valence-electron chi connectivity index (χ2n) is 5.97. The van der Waals surface area contributed by atoms with Crippen LogP contribution in [0.2, 0.25) is 5.02 Å². The molecule has 0 aliphatic carbocycles. The molecule has 0 radical (unpaired) electrons. The number of nitrogens with zero attached hydrogens (tertiary/aromatic N) is 1. The first kappa shape index (κ1) is 18.7. The molecule has 1 aromatic heterocycles. The third kappa shape index (κ3) is 4.57. The first-order valence-corrected chi connectivity index (χ1v) is 8.82. The number of carbonyl (C=O) groups excluding carboxylic acids is 2. The van der Waals surface area contributed by atoms with Crippen LogP contribution < -0.4 is 5.32 Å². The summed E-state index contributed by atoms with van der Waals surface area (Å²) in [5.41, 5.74) is 2.03. The molecule has 0 aliphatic heterocycles. The third-order valence-corrected chi connectivity index (χ3v) is 4.54. The lowest BCUT2D eigenvalue weighted by Gasteiger charge is -2.19. The molecule has 1 amide bonds. The van der Waals surface area contributed by atoms with Crippen LogP contribution in [0.4, 0.5) is 0 Å². The molecule has 0 aliphatic rings. The number of nitrogens with one attached hydrogen (secondary N) is 1. The summed E-state index contributed by atoms with van der Waals surface area (Å²) < 4.78 is 6.67. The van der Waals surface area contributed by atoms with Gasteiger partial charge in [-0.05, 0) is 42.0 Å². The predicted molar refractivity (Wildman–Crippen MR) is 104 cm³/mol. The molecule has 1 N–H and O–H groups in total. The lowest BCUT2D eigenvalue weighted by atomic mass is 10.0. The molecule has 1 unspecified atom stereocenters. The van der Waals surface area contributed by atoms with E-state index in [9.17, 15) is 9.59 Å². The Labute approximate surface area is 162 Å². The van der Waals surface area contributed by atoms with Crippen molar-refractivity contribution < 1.29 is 14.3 Å². The Balaban J connectivity index is 1.85. The van der Waals surface area contributed by atoms with Crippen molar-refractivity contribution in [2.75, 3.05) is 7.11 Å². The lowest BCUT2D eigenvalue weighted by Crippen LogP contribution is -2.30. The summed E-state index contributed by atoms with van der Waals surface area (Å²) in [6, 6.07) is 17.6. The molecule has 2 aromatic carbocycles. The minimum atomic E-state index is -0.589. The molecule has 6 heteroatoms. The van der Waals surface area contributed by atoms with Gasteiger partial charge in [-0.2, -0.15) is 0 Å². The smallest absolute Gasteiger partial charge is 0.307 e. The monoisotopic (exact) mass is 382 g/mol. The number of benzene rings is 2. The SMILES string of the molecule is COC(=O)CC(NC(=O)c1cccc(-n2cccc2)c1)c1ccccc1Cl. The fourth-order valence-electron chi connectivity index (χ4n) is 2.80. The highest BCUT2D eigenvalue weighted by molar-refractivity contribution is 6.31. The Morgan fingerprint density at radius 1 is 1.07 bits per heavy atom. The van der Waals surface area contributed by atoms with Gasteiger partial charge in [-0.15, -0.1) is 0 Å². The van der Waals surface area contributed by atoms with E-state index >= 15 is 0 Å². The van der Waals surface area contributed by atoms with Crippen molar-refractivity contribution in [2.24, 2.45) is 0 Å². The van der Waals surface area contributed by atoms with Gasteiger partial charge in [0.05, 0.1) is 19.6 Å². The van der Waals surface area contributed by atoms with Gasteiger partial charge < -0.3 is 14.6 Å². The van der Waals surface area contributed by atoms with E-state index in [-0.39, 0.29) is 12.3 Å². The maximum atomic E-state index is 12.8. The van der Waals surface area contributed by atoms with Crippen molar-refractivity contribution in [3.63, 3.8) is 0 Å². The summed E-state index contributed by atoms with van der Waals surface area (Å²) in [5.74, 6) is -0.723. The number of hydrogen-bond acceptors (Lipinski definition) is 3. The van der Waals surface area contributed by atoms with E-state index in [1.54, 1.807) is 30.3 Å². The molecule has 0 bridgehead atoms. The standard InChI is InChI=1S/C21H19ClN2O3/c1-27-20(25)14-19(17-9-2-3-10-18(17)22)23-21(26)15-7-6-8-16(13-15)24-11-4-5-12-24/h2-13,19H,14H2,1H3,(H,23,26). The van der Waals surface area contributed by atoms with Crippen LogP contribution in [0.25, 0.3) is 5.69 Å². The minimum absolute atomic E-state index is 0.0107. The van der Waals surface area contributed by atoms with Gasteiger partial charge in [0.15, 0.2) is 0 Å². The lowest BCUT2D eigenvalue weighted by molar-refractivity contribution is -0.141. The molecule has 1 heterocycles. The van der Waals surface area contributed by atoms with E-state index in [2.05, 4.69) is 5.32 Å². The van der Waals surface area contributed by atoms with Crippen LogP contribution in [0.3, 0.4) is 0 Å². The highest BCUT2D eigenvalue weighted by Crippen LogP contribution is 2.26. The Morgan fingerprint density at radius 2 is 1.81 bits per heavy atom. The first-order valence-electron chi connectivity index (χ1n) is 8.44. The van der Waals surface area contributed by atoms with Crippen molar-refractivity contribution in [2.45, 2.75) is 12.5 Å². The maximum absolute atomic E-state index is 12.8. The van der Waals surface area contributed by atoms with Crippen LogP contribution in [0.15, 0.2) is 73.1 Å². The zero-order valence-electron chi connectivity index (χ0n) is 14.8. The van der Waals surface area contributed by atoms with E-state index < -0.39 is 12.0 Å². The summed E-state index contributed by atoms with van der Waals surface area (Å²) in [5, 5.41) is 3.37. The molecular weight excluding hydrogens is 364 g/mol. The van der Waals surface area contributed by atoms with Gasteiger partial charge in [0.1, 0.15) is 0 Å². The number of aromatic nitrogens is 1. The molecule has 3 aromatic rings. The van der Waals surface area contributed by atoms with Crippen LogP contribution in [0.5, 0.6) is 0 Å². The summed E-state index contributed by atoms with van der Waals surface area (Å²) in [6.07, 6.45) is 3.80. The number of methoxy groups -OCH3 is 1. The van der Waals surface area contributed by atoms with E-state index in [0.717, 1.165) is 5.69 Å². The van der Waals surface area contributed by atoms with Gasteiger partial charge >= 0.3 is 5.97 Å². The molecule has 138 valence electrons. The second-order valence-corrected chi connectivity index (χ2v) is 6.38. The summed E-state index contributed by atoms with van der Waals surface area (Å²) >= 11 is 6.26. The van der Waals surface area contributed by atoms with Crippen LogP contribution in [0, 0.1) is 0 Å².